The van der Waals surface area contributed by atoms with Gasteiger partial charge in [-0.3, -0.25) is 9.59 Å². The normalized spacial score (nSPS) is 9.80. The molecule has 0 fully saturated rings. The number of carbonyl (C=O) groups is 2. The maximum absolute atomic E-state index is 11.4. The van der Waals surface area contributed by atoms with Gasteiger partial charge in [0.2, 0.25) is 0 Å². The number of hydrogen-bond donors (Lipinski definition) is 0. The van der Waals surface area contributed by atoms with Crippen LogP contribution >= 0.6 is 22.6 Å². The summed E-state index contributed by atoms with van der Waals surface area (Å²) in [6.45, 7) is 3.82. The Bertz CT molecular complexity index is 399. The molecule has 0 amide bonds. The van der Waals surface area contributed by atoms with Gasteiger partial charge in [0.15, 0.2) is 12.1 Å². The van der Waals surface area contributed by atoms with Crippen LogP contribution in [0, 0.1) is 3.57 Å². The Hall–Kier alpha value is -0.910. The van der Waals surface area contributed by atoms with Crippen LogP contribution in [0.25, 0.3) is 0 Å². The van der Waals surface area contributed by atoms with E-state index in [1.807, 2.05) is 29.5 Å². The minimum atomic E-state index is -0.0912. The van der Waals surface area contributed by atoms with Gasteiger partial charge < -0.3 is 4.74 Å². The Kier molecular flexibility index (Phi) is 4.26. The first kappa shape index (κ1) is 12.2. The van der Waals surface area contributed by atoms with Crippen LogP contribution in [-0.2, 0) is 0 Å². The molecule has 15 heavy (non-hydrogen) atoms. The number of halogens is 1. The SMILES string of the molecule is CCOc1ccc(C=O)c(I)c1C(C)=O. The van der Waals surface area contributed by atoms with Crippen LogP contribution in [0.15, 0.2) is 12.1 Å². The third kappa shape index (κ3) is 2.56. The molecule has 0 aliphatic carbocycles. The summed E-state index contributed by atoms with van der Waals surface area (Å²) in [5.41, 5.74) is 1.01. The number of Topliss-reactive ketones (excluding diaryl/α,β-unsaturated/α-hetero) is 1. The highest BCUT2D eigenvalue weighted by molar-refractivity contribution is 14.1. The fourth-order valence-electron chi connectivity index (χ4n) is 1.27. The first-order valence-corrected chi connectivity index (χ1v) is 5.61. The standard InChI is InChI=1S/C11H11IO3/c1-3-15-9-5-4-8(6-13)11(12)10(9)7(2)14/h4-6H,3H2,1-2H3. The summed E-state index contributed by atoms with van der Waals surface area (Å²) in [4.78, 5) is 22.1. The molecule has 0 radical (unpaired) electrons. The Morgan fingerprint density at radius 1 is 1.53 bits per heavy atom. The smallest absolute Gasteiger partial charge is 0.164 e. The molecule has 0 bridgehead atoms. The third-order valence-corrected chi connectivity index (χ3v) is 3.07. The monoisotopic (exact) mass is 318 g/mol. The lowest BCUT2D eigenvalue weighted by Gasteiger charge is -2.10. The van der Waals surface area contributed by atoms with E-state index in [4.69, 9.17) is 4.74 Å². The highest BCUT2D eigenvalue weighted by Gasteiger charge is 2.15. The molecule has 1 rings (SSSR count). The molecule has 0 saturated carbocycles. The zero-order chi connectivity index (χ0) is 11.4. The molecule has 0 N–H and O–H groups in total. The Labute approximate surface area is 102 Å². The number of benzene rings is 1. The molecule has 0 unspecified atom stereocenters. The topological polar surface area (TPSA) is 43.4 Å². The molecule has 1 aromatic rings. The van der Waals surface area contributed by atoms with Crippen LogP contribution < -0.4 is 4.74 Å². The quantitative estimate of drug-likeness (QED) is 0.487. The summed E-state index contributed by atoms with van der Waals surface area (Å²) < 4.78 is 5.99. The van der Waals surface area contributed by atoms with Crippen molar-refractivity contribution in [2.24, 2.45) is 0 Å². The maximum atomic E-state index is 11.4. The summed E-state index contributed by atoms with van der Waals surface area (Å²) in [6.07, 6.45) is 0.740. The average Bonchev–Trinajstić information content (AvgIpc) is 2.18. The number of ketones is 1. The van der Waals surface area contributed by atoms with Gasteiger partial charge in [0, 0.05) is 9.13 Å². The van der Waals surface area contributed by atoms with Crippen molar-refractivity contribution >= 4 is 34.7 Å². The van der Waals surface area contributed by atoms with Crippen LogP contribution in [0.3, 0.4) is 0 Å². The van der Waals surface area contributed by atoms with Crippen LogP contribution in [-0.4, -0.2) is 18.7 Å². The molecular weight excluding hydrogens is 307 g/mol. The van der Waals surface area contributed by atoms with Crippen molar-refractivity contribution in [3.63, 3.8) is 0 Å². The van der Waals surface area contributed by atoms with Crippen molar-refractivity contribution in [2.45, 2.75) is 13.8 Å². The van der Waals surface area contributed by atoms with E-state index in [0.717, 1.165) is 6.29 Å². The summed E-state index contributed by atoms with van der Waals surface area (Å²) >= 11 is 1.99. The molecule has 0 atom stereocenters. The largest absolute Gasteiger partial charge is 0.493 e. The lowest BCUT2D eigenvalue weighted by atomic mass is 10.1. The Morgan fingerprint density at radius 3 is 2.67 bits per heavy atom. The van der Waals surface area contributed by atoms with E-state index < -0.39 is 0 Å². The maximum Gasteiger partial charge on any atom is 0.164 e. The number of ether oxygens (including phenoxy) is 1. The van der Waals surface area contributed by atoms with Crippen molar-refractivity contribution in [3.8, 4) is 5.75 Å². The van der Waals surface area contributed by atoms with E-state index in [0.29, 0.717) is 27.1 Å². The highest BCUT2D eigenvalue weighted by atomic mass is 127. The molecule has 0 aliphatic heterocycles. The predicted octanol–water partition coefficient (Wildman–Crippen LogP) is 2.71. The van der Waals surface area contributed by atoms with Gasteiger partial charge in [-0.2, -0.15) is 0 Å². The lowest BCUT2D eigenvalue weighted by molar-refractivity contribution is 0.101. The lowest BCUT2D eigenvalue weighted by Crippen LogP contribution is -2.05. The van der Waals surface area contributed by atoms with Crippen molar-refractivity contribution in [2.75, 3.05) is 6.61 Å². The second-order valence-electron chi connectivity index (χ2n) is 2.95. The van der Waals surface area contributed by atoms with E-state index in [1.54, 1.807) is 12.1 Å². The predicted molar refractivity (Wildman–Crippen MR) is 65.7 cm³/mol. The van der Waals surface area contributed by atoms with Crippen LogP contribution in [0.1, 0.15) is 34.6 Å². The van der Waals surface area contributed by atoms with Crippen LogP contribution in [0.5, 0.6) is 5.75 Å². The minimum Gasteiger partial charge on any atom is -0.493 e. The fourth-order valence-corrected chi connectivity index (χ4v) is 2.22. The second-order valence-corrected chi connectivity index (χ2v) is 4.03. The Morgan fingerprint density at radius 2 is 2.20 bits per heavy atom. The zero-order valence-electron chi connectivity index (χ0n) is 8.54. The molecule has 0 spiro atoms. The number of carbonyl (C=O) groups excluding carboxylic acids is 2. The first-order chi connectivity index (χ1) is 7.11. The molecule has 0 heterocycles. The van der Waals surface area contributed by atoms with E-state index in [1.165, 1.54) is 6.92 Å². The summed E-state index contributed by atoms with van der Waals surface area (Å²) in [5.74, 6) is 0.451. The minimum absolute atomic E-state index is 0.0912. The van der Waals surface area contributed by atoms with Gasteiger partial charge in [-0.25, -0.2) is 0 Å². The van der Waals surface area contributed by atoms with Crippen molar-refractivity contribution in [1.82, 2.24) is 0 Å². The molecule has 0 aromatic heterocycles. The van der Waals surface area contributed by atoms with E-state index in [-0.39, 0.29) is 5.78 Å². The van der Waals surface area contributed by atoms with Crippen LogP contribution in [0.2, 0.25) is 0 Å². The number of rotatable bonds is 4. The summed E-state index contributed by atoms with van der Waals surface area (Å²) in [6, 6.07) is 3.32. The van der Waals surface area contributed by atoms with Gasteiger partial charge in [-0.05, 0) is 48.6 Å². The molecule has 4 heteroatoms. The van der Waals surface area contributed by atoms with Gasteiger partial charge >= 0.3 is 0 Å². The first-order valence-electron chi connectivity index (χ1n) is 4.53. The van der Waals surface area contributed by atoms with Gasteiger partial charge in [0.1, 0.15) is 5.75 Å². The van der Waals surface area contributed by atoms with Gasteiger partial charge in [0.25, 0.3) is 0 Å². The molecule has 80 valence electrons. The van der Waals surface area contributed by atoms with Crippen molar-refractivity contribution < 1.29 is 14.3 Å². The fraction of sp³-hybridized carbons (Fsp3) is 0.273. The van der Waals surface area contributed by atoms with Gasteiger partial charge in [0.05, 0.1) is 12.2 Å². The molecule has 0 aliphatic rings. The van der Waals surface area contributed by atoms with Gasteiger partial charge in [-0.1, -0.05) is 0 Å². The van der Waals surface area contributed by atoms with E-state index in [2.05, 4.69) is 0 Å². The summed E-state index contributed by atoms with van der Waals surface area (Å²) in [7, 11) is 0. The zero-order valence-corrected chi connectivity index (χ0v) is 10.7. The van der Waals surface area contributed by atoms with Gasteiger partial charge in [-0.15, -0.1) is 0 Å². The third-order valence-electron chi connectivity index (χ3n) is 1.91. The van der Waals surface area contributed by atoms with Crippen LogP contribution in [0.4, 0.5) is 0 Å². The summed E-state index contributed by atoms with van der Waals surface area (Å²) in [5, 5.41) is 0. The van der Waals surface area contributed by atoms with E-state index in [9.17, 15) is 9.59 Å². The second kappa shape index (κ2) is 5.25. The van der Waals surface area contributed by atoms with Crippen molar-refractivity contribution in [3.05, 3.63) is 26.8 Å². The van der Waals surface area contributed by atoms with E-state index >= 15 is 0 Å². The molecule has 1 aromatic carbocycles. The molecule has 0 saturated heterocycles. The number of aldehydes is 1. The Balaban J connectivity index is 3.37. The average molecular weight is 318 g/mol. The molecular formula is C11H11IO3. The number of hydrogen-bond acceptors (Lipinski definition) is 3. The highest BCUT2D eigenvalue weighted by Crippen LogP contribution is 2.27. The van der Waals surface area contributed by atoms with Crippen molar-refractivity contribution in [1.29, 1.82) is 0 Å². The molecule has 3 nitrogen and oxygen atoms in total.